The maximum absolute atomic E-state index is 13.7. The van der Waals surface area contributed by atoms with Crippen LogP contribution in [0.4, 0.5) is 15.0 Å². The molecule has 1 aliphatic rings. The van der Waals surface area contributed by atoms with Gasteiger partial charge in [0, 0.05) is 37.9 Å². The molecule has 122 valence electrons. The molecular formula is C15H21FIN3O2. The summed E-state index contributed by atoms with van der Waals surface area (Å²) >= 11 is 1.91. The van der Waals surface area contributed by atoms with E-state index in [9.17, 15) is 9.18 Å². The zero-order valence-electron chi connectivity index (χ0n) is 13.3. The lowest BCUT2D eigenvalue weighted by Gasteiger charge is -2.40. The van der Waals surface area contributed by atoms with Crippen molar-refractivity contribution in [3.63, 3.8) is 0 Å². The highest BCUT2D eigenvalue weighted by Gasteiger charge is 2.31. The Morgan fingerprint density at radius 1 is 1.45 bits per heavy atom. The second kappa shape index (κ2) is 6.55. The zero-order valence-corrected chi connectivity index (χ0v) is 15.4. The molecule has 0 spiro atoms. The number of ether oxygens (including phenoxy) is 1. The number of pyridine rings is 1. The molecule has 1 aliphatic heterocycles. The van der Waals surface area contributed by atoms with Crippen LogP contribution in [-0.2, 0) is 4.74 Å². The fourth-order valence-corrected chi connectivity index (χ4v) is 2.63. The Labute approximate surface area is 144 Å². The number of nitrogens with zero attached hydrogens (tertiary/aromatic N) is 3. The number of piperazine rings is 1. The molecular weight excluding hydrogens is 400 g/mol. The first-order chi connectivity index (χ1) is 10.2. The number of hydrogen-bond acceptors (Lipinski definition) is 4. The molecule has 2 rings (SSSR count). The molecule has 1 amide bonds. The fourth-order valence-electron chi connectivity index (χ4n) is 2.33. The van der Waals surface area contributed by atoms with Crippen molar-refractivity contribution in [3.05, 3.63) is 21.7 Å². The molecule has 0 N–H and O–H groups in total. The summed E-state index contributed by atoms with van der Waals surface area (Å²) in [6, 6.07) is 1.42. The lowest BCUT2D eigenvalue weighted by atomic mass is 10.2. The van der Waals surface area contributed by atoms with Gasteiger partial charge in [0.05, 0.1) is 3.57 Å². The maximum Gasteiger partial charge on any atom is 0.410 e. The van der Waals surface area contributed by atoms with Crippen LogP contribution >= 0.6 is 22.6 Å². The second-order valence-electron chi connectivity index (χ2n) is 6.43. The van der Waals surface area contributed by atoms with Crippen LogP contribution in [0, 0.1) is 9.39 Å². The van der Waals surface area contributed by atoms with Gasteiger partial charge in [-0.25, -0.2) is 14.2 Å². The summed E-state index contributed by atoms with van der Waals surface area (Å²) in [5.74, 6) is 0.335. The van der Waals surface area contributed by atoms with E-state index in [2.05, 4.69) is 4.98 Å². The van der Waals surface area contributed by atoms with Crippen molar-refractivity contribution < 1.29 is 13.9 Å². The van der Waals surface area contributed by atoms with Gasteiger partial charge in [0.2, 0.25) is 0 Å². The van der Waals surface area contributed by atoms with Crippen molar-refractivity contribution in [1.29, 1.82) is 0 Å². The Morgan fingerprint density at radius 3 is 2.68 bits per heavy atom. The predicted octanol–water partition coefficient (Wildman–Crippen LogP) is 3.27. The number of anilines is 1. The number of hydrogen-bond donors (Lipinski definition) is 0. The summed E-state index contributed by atoms with van der Waals surface area (Å²) in [6.07, 6.45) is 1.22. The summed E-state index contributed by atoms with van der Waals surface area (Å²) in [4.78, 5) is 20.1. The third-order valence-corrected chi connectivity index (χ3v) is 4.17. The van der Waals surface area contributed by atoms with Gasteiger partial charge in [-0.05, 0) is 50.3 Å². The summed E-state index contributed by atoms with van der Waals surface area (Å²) in [7, 11) is 0. The smallest absolute Gasteiger partial charge is 0.410 e. The van der Waals surface area contributed by atoms with E-state index in [0.29, 0.717) is 29.0 Å². The van der Waals surface area contributed by atoms with E-state index in [1.165, 1.54) is 12.3 Å². The van der Waals surface area contributed by atoms with Crippen molar-refractivity contribution in [2.75, 3.05) is 24.5 Å². The highest BCUT2D eigenvalue weighted by atomic mass is 127. The van der Waals surface area contributed by atoms with Gasteiger partial charge in [0.1, 0.15) is 17.2 Å². The minimum absolute atomic E-state index is 0.0206. The van der Waals surface area contributed by atoms with Crippen molar-refractivity contribution >= 4 is 34.5 Å². The fraction of sp³-hybridized carbons (Fsp3) is 0.600. The van der Waals surface area contributed by atoms with Gasteiger partial charge < -0.3 is 14.5 Å². The van der Waals surface area contributed by atoms with Gasteiger partial charge in [-0.3, -0.25) is 0 Å². The highest BCUT2D eigenvalue weighted by molar-refractivity contribution is 14.1. The van der Waals surface area contributed by atoms with Crippen LogP contribution in [0.2, 0.25) is 0 Å². The van der Waals surface area contributed by atoms with E-state index >= 15 is 0 Å². The third-order valence-electron chi connectivity index (χ3n) is 3.37. The standard InChI is InChI=1S/C15H21FIN3O2/c1-10-9-19(13-7-11(16)12(17)8-18-13)5-6-20(10)14(21)22-15(2,3)4/h7-8,10H,5-6,9H2,1-4H3/t10-/m1/s1. The summed E-state index contributed by atoms with van der Waals surface area (Å²) in [5, 5.41) is 0. The lowest BCUT2D eigenvalue weighted by molar-refractivity contribution is 0.0158. The van der Waals surface area contributed by atoms with Gasteiger partial charge in [-0.1, -0.05) is 0 Å². The van der Waals surface area contributed by atoms with Crippen LogP contribution in [0.15, 0.2) is 12.3 Å². The summed E-state index contributed by atoms with van der Waals surface area (Å²) in [5.41, 5.74) is -0.505. The van der Waals surface area contributed by atoms with Crippen LogP contribution < -0.4 is 4.90 Å². The molecule has 7 heteroatoms. The minimum Gasteiger partial charge on any atom is -0.444 e. The molecule has 0 saturated carbocycles. The van der Waals surface area contributed by atoms with E-state index in [0.717, 1.165) is 0 Å². The van der Waals surface area contributed by atoms with E-state index in [4.69, 9.17) is 4.74 Å². The SMILES string of the molecule is C[C@@H]1CN(c2cc(F)c(I)cn2)CCN1C(=O)OC(C)(C)C. The number of halogens is 2. The Hall–Kier alpha value is -1.12. The predicted molar refractivity (Wildman–Crippen MR) is 91.5 cm³/mol. The molecule has 0 bridgehead atoms. The molecule has 0 unspecified atom stereocenters. The van der Waals surface area contributed by atoms with E-state index < -0.39 is 5.60 Å². The molecule has 1 aromatic heterocycles. The second-order valence-corrected chi connectivity index (χ2v) is 7.59. The van der Waals surface area contributed by atoms with Crippen LogP contribution in [0.5, 0.6) is 0 Å². The molecule has 0 aliphatic carbocycles. The summed E-state index contributed by atoms with van der Waals surface area (Å²) < 4.78 is 19.6. The first kappa shape index (κ1) is 17.2. The van der Waals surface area contributed by atoms with Crippen LogP contribution in [0.25, 0.3) is 0 Å². The number of aromatic nitrogens is 1. The van der Waals surface area contributed by atoms with Gasteiger partial charge >= 0.3 is 6.09 Å². The topological polar surface area (TPSA) is 45.7 Å². The Balaban J connectivity index is 2.03. The van der Waals surface area contributed by atoms with Gasteiger partial charge in [-0.15, -0.1) is 0 Å². The Morgan fingerprint density at radius 2 is 2.14 bits per heavy atom. The Bertz CT molecular complexity index is 562. The van der Waals surface area contributed by atoms with Gasteiger partial charge in [0.25, 0.3) is 0 Å². The molecule has 0 radical (unpaired) electrons. The normalized spacial score (nSPS) is 19.3. The largest absolute Gasteiger partial charge is 0.444 e. The van der Waals surface area contributed by atoms with Gasteiger partial charge in [0.15, 0.2) is 0 Å². The molecule has 1 aromatic rings. The van der Waals surface area contributed by atoms with Crippen molar-refractivity contribution in [1.82, 2.24) is 9.88 Å². The number of carbonyl (C=O) groups is 1. The molecule has 1 fully saturated rings. The molecule has 22 heavy (non-hydrogen) atoms. The molecule has 1 saturated heterocycles. The number of amides is 1. The average Bonchev–Trinajstić information content (AvgIpc) is 2.39. The minimum atomic E-state index is -0.505. The van der Waals surface area contributed by atoms with E-state index in [1.54, 1.807) is 4.90 Å². The highest BCUT2D eigenvalue weighted by Crippen LogP contribution is 2.21. The first-order valence-electron chi connectivity index (χ1n) is 7.23. The van der Waals surface area contributed by atoms with Crippen LogP contribution in [-0.4, -0.2) is 47.3 Å². The molecule has 1 atom stereocenters. The first-order valence-corrected chi connectivity index (χ1v) is 8.31. The quantitative estimate of drug-likeness (QED) is 0.654. The third kappa shape index (κ3) is 4.21. The Kier molecular flexibility index (Phi) is 5.14. The van der Waals surface area contributed by atoms with Crippen molar-refractivity contribution in [2.45, 2.75) is 39.3 Å². The van der Waals surface area contributed by atoms with Crippen LogP contribution in [0.3, 0.4) is 0 Å². The van der Waals surface area contributed by atoms with Crippen molar-refractivity contribution in [3.8, 4) is 0 Å². The average molecular weight is 421 g/mol. The maximum atomic E-state index is 13.7. The molecule has 0 aromatic carbocycles. The van der Waals surface area contributed by atoms with Crippen LogP contribution in [0.1, 0.15) is 27.7 Å². The van der Waals surface area contributed by atoms with Crippen molar-refractivity contribution in [2.24, 2.45) is 0 Å². The number of rotatable bonds is 1. The summed E-state index contributed by atoms with van der Waals surface area (Å²) in [6.45, 7) is 9.26. The number of carbonyl (C=O) groups excluding carboxylic acids is 1. The molecule has 2 heterocycles. The lowest BCUT2D eigenvalue weighted by Crippen LogP contribution is -2.55. The van der Waals surface area contributed by atoms with E-state index in [1.807, 2.05) is 55.2 Å². The zero-order chi connectivity index (χ0) is 16.5. The molecule has 5 nitrogen and oxygen atoms in total. The van der Waals surface area contributed by atoms with E-state index in [-0.39, 0.29) is 18.0 Å². The monoisotopic (exact) mass is 421 g/mol. The van der Waals surface area contributed by atoms with Gasteiger partial charge in [-0.2, -0.15) is 0 Å².